The molecule has 204 valence electrons. The fraction of sp³-hybridized carbons (Fsp3) is 0.448. The summed E-state index contributed by atoms with van der Waals surface area (Å²) in [5, 5.41) is 7.52. The monoisotopic (exact) mass is 537 g/mol. The van der Waals surface area contributed by atoms with Gasteiger partial charge in [-0.1, -0.05) is 42.5 Å². The molecule has 1 saturated heterocycles. The van der Waals surface area contributed by atoms with Crippen LogP contribution in [0.5, 0.6) is 0 Å². The minimum Gasteiger partial charge on any atom is -0.444 e. The van der Waals surface area contributed by atoms with Crippen molar-refractivity contribution < 1.29 is 14.3 Å². The third kappa shape index (κ3) is 7.68. The number of thioether (sulfide) groups is 1. The number of piperazine rings is 1. The molecule has 0 bridgehead atoms. The lowest BCUT2D eigenvalue weighted by Crippen LogP contribution is -2.52. The fourth-order valence-electron chi connectivity index (χ4n) is 4.48. The van der Waals surface area contributed by atoms with E-state index in [1.165, 1.54) is 5.56 Å². The van der Waals surface area contributed by atoms with Crippen molar-refractivity contribution in [3.05, 3.63) is 65.9 Å². The molecule has 3 aromatic rings. The van der Waals surface area contributed by atoms with E-state index in [-0.39, 0.29) is 17.3 Å². The number of nitrogens with one attached hydrogen (secondary N) is 3. The van der Waals surface area contributed by atoms with E-state index >= 15 is 0 Å². The third-order valence-electron chi connectivity index (χ3n) is 6.47. The number of aromatic nitrogens is 1. The summed E-state index contributed by atoms with van der Waals surface area (Å²) < 4.78 is 5.53. The number of amides is 2. The van der Waals surface area contributed by atoms with E-state index in [2.05, 4.69) is 44.8 Å². The zero-order valence-corrected chi connectivity index (χ0v) is 23.6. The Hall–Kier alpha value is -3.17. The van der Waals surface area contributed by atoms with Crippen LogP contribution in [0.1, 0.15) is 36.8 Å². The first-order valence-electron chi connectivity index (χ1n) is 13.2. The Kier molecular flexibility index (Phi) is 9.22. The van der Waals surface area contributed by atoms with Gasteiger partial charge in [0.05, 0.1) is 11.2 Å². The Bertz CT molecular complexity index is 1220. The molecule has 1 aliphatic heterocycles. The average Bonchev–Trinajstić information content (AvgIpc) is 3.35. The van der Waals surface area contributed by atoms with E-state index in [1.54, 1.807) is 4.90 Å². The molecule has 8 nitrogen and oxygen atoms in total. The van der Waals surface area contributed by atoms with Crippen molar-refractivity contribution in [1.29, 1.82) is 0 Å². The van der Waals surface area contributed by atoms with E-state index in [1.807, 2.05) is 69.9 Å². The Morgan fingerprint density at radius 1 is 1.05 bits per heavy atom. The summed E-state index contributed by atoms with van der Waals surface area (Å²) in [6.45, 7) is 9.89. The molecule has 1 atom stereocenters. The number of hydrogen-bond donors (Lipinski definition) is 3. The number of H-pyrrole nitrogens is 1. The molecule has 0 saturated carbocycles. The first-order valence-corrected chi connectivity index (χ1v) is 14.2. The van der Waals surface area contributed by atoms with Gasteiger partial charge >= 0.3 is 6.09 Å². The van der Waals surface area contributed by atoms with Crippen LogP contribution >= 0.6 is 11.8 Å². The zero-order valence-electron chi connectivity index (χ0n) is 22.8. The summed E-state index contributed by atoms with van der Waals surface area (Å²) in [5.41, 5.74) is 3.21. The number of benzene rings is 2. The van der Waals surface area contributed by atoms with Crippen molar-refractivity contribution in [3.8, 4) is 0 Å². The second-order valence-electron chi connectivity index (χ2n) is 10.6. The summed E-state index contributed by atoms with van der Waals surface area (Å²) in [5.74, 6) is 0.764. The molecule has 4 rings (SSSR count). The average molecular weight is 538 g/mol. The molecule has 0 radical (unpaired) electrons. The molecule has 1 unspecified atom stereocenters. The summed E-state index contributed by atoms with van der Waals surface area (Å²) in [6, 6.07) is 18.2. The van der Waals surface area contributed by atoms with Crippen LogP contribution < -0.4 is 10.6 Å². The van der Waals surface area contributed by atoms with Gasteiger partial charge in [-0.3, -0.25) is 9.69 Å². The smallest absolute Gasteiger partial charge is 0.410 e. The maximum atomic E-state index is 13.1. The molecule has 1 aliphatic rings. The first kappa shape index (κ1) is 27.9. The van der Waals surface area contributed by atoms with Crippen LogP contribution in [-0.4, -0.2) is 84.0 Å². The van der Waals surface area contributed by atoms with E-state index in [0.29, 0.717) is 25.3 Å². The van der Waals surface area contributed by atoms with Gasteiger partial charge < -0.3 is 25.3 Å². The number of fused-ring (bicyclic) bond motifs is 1. The van der Waals surface area contributed by atoms with Gasteiger partial charge in [0, 0.05) is 62.7 Å². The highest BCUT2D eigenvalue weighted by Gasteiger charge is 2.27. The largest absolute Gasteiger partial charge is 0.444 e. The molecule has 9 heteroatoms. The highest BCUT2D eigenvalue weighted by atomic mass is 32.2. The van der Waals surface area contributed by atoms with Crippen molar-refractivity contribution in [2.75, 3.05) is 51.6 Å². The first-order chi connectivity index (χ1) is 18.2. The number of anilines is 1. The number of rotatable bonds is 9. The third-order valence-corrected chi connectivity index (χ3v) is 7.76. The second kappa shape index (κ2) is 12.6. The molecule has 2 heterocycles. The predicted molar refractivity (Wildman–Crippen MR) is 156 cm³/mol. The van der Waals surface area contributed by atoms with Crippen LogP contribution in [0.2, 0.25) is 0 Å². The molecule has 2 aromatic carbocycles. The minimum atomic E-state index is -0.495. The van der Waals surface area contributed by atoms with E-state index in [0.717, 1.165) is 42.0 Å². The summed E-state index contributed by atoms with van der Waals surface area (Å²) >= 11 is 1.85. The normalized spacial score (nSPS) is 15.3. The Morgan fingerprint density at radius 2 is 1.79 bits per heavy atom. The Labute approximate surface area is 229 Å². The van der Waals surface area contributed by atoms with Crippen LogP contribution in [0.15, 0.2) is 54.6 Å². The zero-order chi connectivity index (χ0) is 27.1. The lowest BCUT2D eigenvalue weighted by atomic mass is 10.2. The SMILES string of the molecule is CNc1cccc2cc(C(=O)NCC(CN3CCN(C(=O)OC(C)(C)C)CC3)SCc3ccccc3)[nH]c12. The van der Waals surface area contributed by atoms with Gasteiger partial charge in [0.1, 0.15) is 11.3 Å². The summed E-state index contributed by atoms with van der Waals surface area (Å²) in [6.07, 6.45) is -0.251. The van der Waals surface area contributed by atoms with Crippen molar-refractivity contribution in [3.63, 3.8) is 0 Å². The summed E-state index contributed by atoms with van der Waals surface area (Å²) in [4.78, 5) is 32.9. The number of para-hydroxylation sites is 1. The quantitative estimate of drug-likeness (QED) is 0.364. The van der Waals surface area contributed by atoms with E-state index in [9.17, 15) is 9.59 Å². The van der Waals surface area contributed by atoms with Gasteiger partial charge in [0.25, 0.3) is 5.91 Å². The molecule has 2 amide bonds. The van der Waals surface area contributed by atoms with E-state index < -0.39 is 5.60 Å². The molecular formula is C29H39N5O3S. The predicted octanol–water partition coefficient (Wildman–Crippen LogP) is 4.79. The highest BCUT2D eigenvalue weighted by molar-refractivity contribution is 7.99. The van der Waals surface area contributed by atoms with Crippen LogP contribution in [-0.2, 0) is 10.5 Å². The second-order valence-corrected chi connectivity index (χ2v) is 11.9. The van der Waals surface area contributed by atoms with Crippen LogP contribution in [0.4, 0.5) is 10.5 Å². The van der Waals surface area contributed by atoms with Gasteiger partial charge in [0.15, 0.2) is 0 Å². The summed E-state index contributed by atoms with van der Waals surface area (Å²) in [7, 11) is 1.87. The fourth-order valence-corrected chi connectivity index (χ4v) is 5.62. The molecule has 38 heavy (non-hydrogen) atoms. The van der Waals surface area contributed by atoms with Crippen LogP contribution in [0.3, 0.4) is 0 Å². The number of nitrogens with zero attached hydrogens (tertiary/aromatic N) is 2. The lowest BCUT2D eigenvalue weighted by Gasteiger charge is -2.37. The van der Waals surface area contributed by atoms with Crippen molar-refractivity contribution in [2.45, 2.75) is 37.4 Å². The Morgan fingerprint density at radius 3 is 2.47 bits per heavy atom. The highest BCUT2D eigenvalue weighted by Crippen LogP contribution is 2.24. The van der Waals surface area contributed by atoms with Gasteiger partial charge in [-0.15, -0.1) is 0 Å². The Balaban J connectivity index is 1.36. The van der Waals surface area contributed by atoms with E-state index in [4.69, 9.17) is 4.74 Å². The number of aromatic amines is 1. The topological polar surface area (TPSA) is 89.7 Å². The number of carbonyl (C=O) groups is 2. The molecular weight excluding hydrogens is 498 g/mol. The molecule has 0 spiro atoms. The molecule has 1 fully saturated rings. The van der Waals surface area contributed by atoms with Gasteiger partial charge in [0.2, 0.25) is 0 Å². The van der Waals surface area contributed by atoms with Crippen LogP contribution in [0, 0.1) is 0 Å². The maximum absolute atomic E-state index is 13.1. The van der Waals surface area contributed by atoms with Gasteiger partial charge in [-0.25, -0.2) is 4.79 Å². The maximum Gasteiger partial charge on any atom is 0.410 e. The number of hydrogen-bond acceptors (Lipinski definition) is 6. The van der Waals surface area contributed by atoms with Crippen molar-refractivity contribution in [1.82, 2.24) is 20.1 Å². The van der Waals surface area contributed by atoms with Crippen LogP contribution in [0.25, 0.3) is 10.9 Å². The molecule has 3 N–H and O–H groups in total. The number of ether oxygens (including phenoxy) is 1. The van der Waals surface area contributed by atoms with Gasteiger partial charge in [-0.2, -0.15) is 11.8 Å². The number of carbonyl (C=O) groups excluding carboxylic acids is 2. The molecule has 0 aliphatic carbocycles. The van der Waals surface area contributed by atoms with Crippen molar-refractivity contribution in [2.24, 2.45) is 0 Å². The van der Waals surface area contributed by atoms with Crippen molar-refractivity contribution >= 4 is 40.4 Å². The minimum absolute atomic E-state index is 0.108. The standard InChI is InChI=1S/C29H39N5O3S/c1-29(2,3)37-28(36)34-15-13-33(14-16-34)19-23(38-20-21-9-6-5-7-10-21)18-31-27(35)25-17-22-11-8-12-24(30-4)26(22)32-25/h5-12,17,23,30,32H,13-16,18-20H2,1-4H3,(H,31,35). The lowest BCUT2D eigenvalue weighted by molar-refractivity contribution is 0.0145. The molecule has 1 aromatic heterocycles. The van der Waals surface area contributed by atoms with Gasteiger partial charge in [-0.05, 0) is 38.5 Å².